The number of aryl methyl sites for hydroxylation is 1. The molecule has 1 rings (SSSR count). The first-order chi connectivity index (χ1) is 6.16. The fraction of sp³-hybridized carbons (Fsp3) is 0.300. The molecule has 0 radical (unpaired) electrons. The SMILES string of the molecule is Cc1cccc(C(N)CC#N)c1Br. The van der Waals surface area contributed by atoms with Crippen LogP contribution in [0.15, 0.2) is 22.7 Å². The number of hydrogen-bond acceptors (Lipinski definition) is 2. The normalized spacial score (nSPS) is 12.2. The fourth-order valence-corrected chi connectivity index (χ4v) is 1.72. The van der Waals surface area contributed by atoms with E-state index in [1.165, 1.54) is 0 Å². The summed E-state index contributed by atoms with van der Waals surface area (Å²) < 4.78 is 1.01. The second kappa shape index (κ2) is 4.40. The van der Waals surface area contributed by atoms with Gasteiger partial charge in [-0.25, -0.2) is 0 Å². The monoisotopic (exact) mass is 238 g/mol. The van der Waals surface area contributed by atoms with Crippen molar-refractivity contribution in [3.8, 4) is 6.07 Å². The van der Waals surface area contributed by atoms with Gasteiger partial charge >= 0.3 is 0 Å². The molecule has 0 spiro atoms. The zero-order valence-corrected chi connectivity index (χ0v) is 9.01. The lowest BCUT2D eigenvalue weighted by Crippen LogP contribution is -2.10. The van der Waals surface area contributed by atoms with Crippen LogP contribution in [0.4, 0.5) is 0 Å². The van der Waals surface area contributed by atoms with Crippen LogP contribution in [0.3, 0.4) is 0 Å². The van der Waals surface area contributed by atoms with Gasteiger partial charge in [0.05, 0.1) is 12.5 Å². The maximum atomic E-state index is 8.51. The van der Waals surface area contributed by atoms with E-state index in [4.69, 9.17) is 11.0 Å². The second-order valence-corrected chi connectivity index (χ2v) is 3.74. The summed E-state index contributed by atoms with van der Waals surface area (Å²) >= 11 is 3.46. The third kappa shape index (κ3) is 2.30. The number of benzene rings is 1. The predicted molar refractivity (Wildman–Crippen MR) is 56.0 cm³/mol. The van der Waals surface area contributed by atoms with E-state index in [2.05, 4.69) is 22.0 Å². The molecule has 13 heavy (non-hydrogen) atoms. The van der Waals surface area contributed by atoms with Gasteiger partial charge in [0.2, 0.25) is 0 Å². The van der Waals surface area contributed by atoms with Crippen molar-refractivity contribution in [1.29, 1.82) is 5.26 Å². The fourth-order valence-electron chi connectivity index (χ4n) is 1.16. The molecule has 1 atom stereocenters. The molecule has 0 bridgehead atoms. The molecule has 0 fully saturated rings. The first kappa shape index (κ1) is 10.2. The predicted octanol–water partition coefficient (Wildman–Crippen LogP) is 2.67. The highest BCUT2D eigenvalue weighted by molar-refractivity contribution is 9.10. The lowest BCUT2D eigenvalue weighted by molar-refractivity contribution is 0.743. The van der Waals surface area contributed by atoms with E-state index in [1.807, 2.05) is 25.1 Å². The molecule has 2 N–H and O–H groups in total. The molecule has 0 amide bonds. The van der Waals surface area contributed by atoms with E-state index in [0.29, 0.717) is 6.42 Å². The summed E-state index contributed by atoms with van der Waals surface area (Å²) in [7, 11) is 0. The van der Waals surface area contributed by atoms with Crippen LogP contribution in [0.1, 0.15) is 23.6 Å². The van der Waals surface area contributed by atoms with E-state index < -0.39 is 0 Å². The molecule has 0 saturated carbocycles. The van der Waals surface area contributed by atoms with Crippen LogP contribution >= 0.6 is 15.9 Å². The summed E-state index contributed by atoms with van der Waals surface area (Å²) in [6.45, 7) is 2.01. The Morgan fingerprint density at radius 3 is 2.92 bits per heavy atom. The average molecular weight is 239 g/mol. The first-order valence-electron chi connectivity index (χ1n) is 4.04. The van der Waals surface area contributed by atoms with Crippen LogP contribution in [-0.2, 0) is 0 Å². The molecule has 2 nitrogen and oxygen atoms in total. The van der Waals surface area contributed by atoms with Crippen LogP contribution in [0.2, 0.25) is 0 Å². The molecule has 0 aliphatic carbocycles. The standard InChI is InChI=1S/C10H11BrN2/c1-7-3-2-4-8(10(7)11)9(13)5-6-12/h2-4,9H,5,13H2,1H3. The molecule has 1 unspecified atom stereocenters. The number of nitriles is 1. The molecule has 1 aromatic rings. The van der Waals surface area contributed by atoms with Gasteiger partial charge in [-0.1, -0.05) is 34.1 Å². The van der Waals surface area contributed by atoms with Crippen molar-refractivity contribution < 1.29 is 0 Å². The second-order valence-electron chi connectivity index (χ2n) is 2.95. The Morgan fingerprint density at radius 1 is 1.62 bits per heavy atom. The van der Waals surface area contributed by atoms with Crippen molar-refractivity contribution in [2.24, 2.45) is 5.73 Å². The quantitative estimate of drug-likeness (QED) is 0.862. The topological polar surface area (TPSA) is 49.8 Å². The van der Waals surface area contributed by atoms with E-state index in [0.717, 1.165) is 15.6 Å². The smallest absolute Gasteiger partial charge is 0.0641 e. The summed E-state index contributed by atoms with van der Waals surface area (Å²) in [4.78, 5) is 0. The summed E-state index contributed by atoms with van der Waals surface area (Å²) in [5.41, 5.74) is 7.97. The van der Waals surface area contributed by atoms with Crippen LogP contribution in [0.25, 0.3) is 0 Å². The van der Waals surface area contributed by atoms with Crippen LogP contribution in [-0.4, -0.2) is 0 Å². The van der Waals surface area contributed by atoms with Crippen LogP contribution in [0, 0.1) is 18.3 Å². The zero-order valence-electron chi connectivity index (χ0n) is 7.42. The largest absolute Gasteiger partial charge is 0.323 e. The average Bonchev–Trinajstić information content (AvgIpc) is 2.10. The highest BCUT2D eigenvalue weighted by Crippen LogP contribution is 2.26. The Hall–Kier alpha value is -0.850. The number of nitrogens with two attached hydrogens (primary N) is 1. The lowest BCUT2D eigenvalue weighted by Gasteiger charge is -2.11. The van der Waals surface area contributed by atoms with Crippen molar-refractivity contribution in [3.05, 3.63) is 33.8 Å². The highest BCUT2D eigenvalue weighted by Gasteiger charge is 2.09. The summed E-state index contributed by atoms with van der Waals surface area (Å²) in [5, 5.41) is 8.51. The van der Waals surface area contributed by atoms with Crippen molar-refractivity contribution in [1.82, 2.24) is 0 Å². The van der Waals surface area contributed by atoms with Crippen molar-refractivity contribution in [3.63, 3.8) is 0 Å². The van der Waals surface area contributed by atoms with Gasteiger partial charge in [-0.15, -0.1) is 0 Å². The number of hydrogen-bond donors (Lipinski definition) is 1. The van der Waals surface area contributed by atoms with Gasteiger partial charge in [0, 0.05) is 10.5 Å². The van der Waals surface area contributed by atoms with Gasteiger partial charge in [-0.3, -0.25) is 0 Å². The minimum atomic E-state index is -0.195. The summed E-state index contributed by atoms with van der Waals surface area (Å²) in [5.74, 6) is 0. The Bertz CT molecular complexity index is 341. The Morgan fingerprint density at radius 2 is 2.31 bits per heavy atom. The molecule has 0 aromatic heterocycles. The van der Waals surface area contributed by atoms with E-state index in [9.17, 15) is 0 Å². The van der Waals surface area contributed by atoms with Crippen molar-refractivity contribution in [2.75, 3.05) is 0 Å². The molecule has 0 aliphatic rings. The number of nitrogens with zero attached hydrogens (tertiary/aromatic N) is 1. The summed E-state index contributed by atoms with van der Waals surface area (Å²) in [6.07, 6.45) is 0.349. The van der Waals surface area contributed by atoms with Crippen molar-refractivity contribution in [2.45, 2.75) is 19.4 Å². The first-order valence-corrected chi connectivity index (χ1v) is 4.83. The minimum absolute atomic E-state index is 0.195. The number of halogens is 1. The Kier molecular flexibility index (Phi) is 3.47. The van der Waals surface area contributed by atoms with Gasteiger partial charge in [-0.05, 0) is 18.1 Å². The molecule has 1 aromatic carbocycles. The van der Waals surface area contributed by atoms with Crippen LogP contribution < -0.4 is 5.73 Å². The molecule has 0 heterocycles. The van der Waals surface area contributed by atoms with Gasteiger partial charge < -0.3 is 5.73 Å². The maximum Gasteiger partial charge on any atom is 0.0641 e. The molecular formula is C10H11BrN2. The third-order valence-corrected chi connectivity index (χ3v) is 3.02. The van der Waals surface area contributed by atoms with E-state index >= 15 is 0 Å². The van der Waals surface area contributed by atoms with E-state index in [-0.39, 0.29) is 6.04 Å². The maximum absolute atomic E-state index is 8.51. The molecule has 0 aliphatic heterocycles. The highest BCUT2D eigenvalue weighted by atomic mass is 79.9. The molecular weight excluding hydrogens is 228 g/mol. The van der Waals surface area contributed by atoms with Gasteiger partial charge in [0.15, 0.2) is 0 Å². The Labute approximate surface area is 86.5 Å². The molecule has 3 heteroatoms. The van der Waals surface area contributed by atoms with Crippen LogP contribution in [0.5, 0.6) is 0 Å². The third-order valence-electron chi connectivity index (χ3n) is 1.93. The van der Waals surface area contributed by atoms with Gasteiger partial charge in [0.1, 0.15) is 0 Å². The lowest BCUT2D eigenvalue weighted by atomic mass is 10.0. The zero-order chi connectivity index (χ0) is 9.84. The minimum Gasteiger partial charge on any atom is -0.323 e. The van der Waals surface area contributed by atoms with Crippen molar-refractivity contribution >= 4 is 15.9 Å². The molecule has 0 saturated heterocycles. The molecule has 68 valence electrons. The summed E-state index contributed by atoms with van der Waals surface area (Å²) in [6, 6.07) is 7.77. The van der Waals surface area contributed by atoms with Gasteiger partial charge in [0.25, 0.3) is 0 Å². The number of rotatable bonds is 2. The van der Waals surface area contributed by atoms with Gasteiger partial charge in [-0.2, -0.15) is 5.26 Å². The van der Waals surface area contributed by atoms with E-state index in [1.54, 1.807) is 0 Å². The Balaban J connectivity index is 3.02.